The van der Waals surface area contributed by atoms with Crippen LogP contribution in [0.4, 0.5) is 0 Å². The SMILES string of the molecule is C=C/C=C\c1c(-c2ccc(-c3c4ccccc4c(-c4ccc(C(C)(C)C)c5ccccc45)c4ccccc34)c3ccccc23)ccc2c1C2. The van der Waals surface area contributed by atoms with E-state index in [2.05, 4.69) is 173 Å². The van der Waals surface area contributed by atoms with Crippen molar-refractivity contribution in [2.24, 2.45) is 0 Å². The second kappa shape index (κ2) is 11.2. The molecular formula is C49H38. The van der Waals surface area contributed by atoms with Crippen molar-refractivity contribution in [3.63, 3.8) is 0 Å². The maximum absolute atomic E-state index is 3.94. The molecule has 1 aliphatic carbocycles. The normalized spacial score (nSPS) is 12.7. The van der Waals surface area contributed by atoms with Crippen LogP contribution in [0, 0.1) is 0 Å². The van der Waals surface area contributed by atoms with Gasteiger partial charge in [0.15, 0.2) is 0 Å². The molecule has 0 saturated heterocycles. The minimum absolute atomic E-state index is 0.0450. The molecule has 0 heterocycles. The number of hydrogen-bond donors (Lipinski definition) is 0. The van der Waals surface area contributed by atoms with E-state index in [9.17, 15) is 0 Å². The van der Waals surface area contributed by atoms with Gasteiger partial charge in [-0.05, 0) is 111 Å². The predicted octanol–water partition coefficient (Wildman–Crippen LogP) is 13.7. The lowest BCUT2D eigenvalue weighted by Crippen LogP contribution is -2.11. The Kier molecular flexibility index (Phi) is 6.71. The summed E-state index contributed by atoms with van der Waals surface area (Å²) < 4.78 is 0. The highest BCUT2D eigenvalue weighted by Gasteiger charge is 2.25. The average molecular weight is 627 g/mol. The van der Waals surface area contributed by atoms with Crippen LogP contribution in [0.3, 0.4) is 0 Å². The number of hydrogen-bond acceptors (Lipinski definition) is 0. The molecule has 0 spiro atoms. The van der Waals surface area contributed by atoms with Crippen LogP contribution >= 0.6 is 0 Å². The average Bonchev–Trinajstić information content (AvgIpc) is 3.92. The first kappa shape index (κ1) is 29.4. The molecule has 8 aromatic rings. The number of fused-ring (bicyclic) bond motifs is 5. The fourth-order valence-corrected chi connectivity index (χ4v) is 8.23. The van der Waals surface area contributed by atoms with Crippen molar-refractivity contribution < 1.29 is 0 Å². The third kappa shape index (κ3) is 4.66. The summed E-state index contributed by atoms with van der Waals surface area (Å²) in [6, 6.07) is 50.0. The molecule has 49 heavy (non-hydrogen) atoms. The molecular weight excluding hydrogens is 589 g/mol. The first-order valence-electron chi connectivity index (χ1n) is 17.4. The van der Waals surface area contributed by atoms with Gasteiger partial charge < -0.3 is 0 Å². The van der Waals surface area contributed by atoms with Gasteiger partial charge in [-0.3, -0.25) is 0 Å². The van der Waals surface area contributed by atoms with Gasteiger partial charge in [0.25, 0.3) is 0 Å². The van der Waals surface area contributed by atoms with Gasteiger partial charge in [-0.2, -0.15) is 0 Å². The molecule has 0 radical (unpaired) electrons. The predicted molar refractivity (Wildman–Crippen MR) is 214 cm³/mol. The summed E-state index contributed by atoms with van der Waals surface area (Å²) in [5.41, 5.74) is 13.4. The monoisotopic (exact) mass is 626 g/mol. The van der Waals surface area contributed by atoms with E-state index in [1.807, 2.05) is 6.08 Å². The first-order chi connectivity index (χ1) is 23.9. The summed E-state index contributed by atoms with van der Waals surface area (Å²) in [5.74, 6) is 0. The van der Waals surface area contributed by atoms with E-state index in [0.29, 0.717) is 0 Å². The van der Waals surface area contributed by atoms with E-state index in [-0.39, 0.29) is 5.41 Å². The molecule has 1 aliphatic rings. The highest BCUT2D eigenvalue weighted by molar-refractivity contribution is 6.26. The molecule has 234 valence electrons. The topological polar surface area (TPSA) is 0 Å². The van der Waals surface area contributed by atoms with E-state index < -0.39 is 0 Å². The third-order valence-electron chi connectivity index (χ3n) is 10.5. The summed E-state index contributed by atoms with van der Waals surface area (Å²) in [6.07, 6.45) is 7.24. The second-order valence-electron chi connectivity index (χ2n) is 14.4. The van der Waals surface area contributed by atoms with Crippen LogP contribution in [0.5, 0.6) is 0 Å². The Balaban J connectivity index is 1.35. The number of allylic oxidation sites excluding steroid dienone is 2. The zero-order valence-corrected chi connectivity index (χ0v) is 28.3. The Labute approximate surface area is 288 Å². The molecule has 9 rings (SSSR count). The highest BCUT2D eigenvalue weighted by atomic mass is 14.3. The zero-order chi connectivity index (χ0) is 33.3. The van der Waals surface area contributed by atoms with Crippen LogP contribution in [0.25, 0.3) is 82.5 Å². The molecule has 0 amide bonds. The Bertz CT molecular complexity index is 2620. The van der Waals surface area contributed by atoms with Gasteiger partial charge in [0.05, 0.1) is 0 Å². The van der Waals surface area contributed by atoms with Crippen molar-refractivity contribution in [1.29, 1.82) is 0 Å². The summed E-state index contributed by atoms with van der Waals surface area (Å²) in [6.45, 7) is 10.9. The van der Waals surface area contributed by atoms with Gasteiger partial charge in [0, 0.05) is 0 Å². The molecule has 0 unspecified atom stereocenters. The lowest BCUT2D eigenvalue weighted by Gasteiger charge is -2.24. The fourth-order valence-electron chi connectivity index (χ4n) is 8.23. The highest BCUT2D eigenvalue weighted by Crippen LogP contribution is 2.49. The quantitative estimate of drug-likeness (QED) is 0.132. The van der Waals surface area contributed by atoms with Crippen LogP contribution in [0.2, 0.25) is 0 Å². The number of rotatable bonds is 5. The lowest BCUT2D eigenvalue weighted by atomic mass is 9.79. The molecule has 0 aromatic heterocycles. The third-order valence-corrected chi connectivity index (χ3v) is 10.5. The molecule has 0 atom stereocenters. The summed E-state index contributed by atoms with van der Waals surface area (Å²) in [4.78, 5) is 0. The first-order valence-corrected chi connectivity index (χ1v) is 17.4. The molecule has 0 saturated carbocycles. The van der Waals surface area contributed by atoms with E-state index in [0.717, 1.165) is 6.42 Å². The Morgan fingerprint density at radius 1 is 0.469 bits per heavy atom. The zero-order valence-electron chi connectivity index (χ0n) is 28.3. The Morgan fingerprint density at radius 2 is 0.898 bits per heavy atom. The summed E-state index contributed by atoms with van der Waals surface area (Å²) >= 11 is 0. The summed E-state index contributed by atoms with van der Waals surface area (Å²) in [7, 11) is 0. The largest absolute Gasteiger partial charge is 0.0991 e. The Hall–Kier alpha value is -5.72. The molecule has 0 N–H and O–H groups in total. The van der Waals surface area contributed by atoms with Crippen LogP contribution in [-0.2, 0) is 11.8 Å². The van der Waals surface area contributed by atoms with Crippen molar-refractivity contribution in [1.82, 2.24) is 0 Å². The maximum atomic E-state index is 3.94. The van der Waals surface area contributed by atoms with Crippen molar-refractivity contribution >= 4 is 49.2 Å². The fraction of sp³-hybridized carbons (Fsp3) is 0.102. The standard InChI is InChI=1S/C49H38/c1-5-6-15-34-36(25-24-31-30-45(31)34)37-26-27-43(33-17-8-7-16-32(33)37)47-39-20-11-13-22-41(39)48(42-23-14-12-21-40(42)47)44-28-29-46(49(2,3)4)38-19-10-9-18-35(38)44/h5-29H,1,30H2,2-4H3/b15-6-. The molecule has 0 bridgehead atoms. The van der Waals surface area contributed by atoms with Crippen molar-refractivity contribution in [2.75, 3.05) is 0 Å². The molecule has 0 fully saturated rings. The Morgan fingerprint density at radius 3 is 1.43 bits per heavy atom. The van der Waals surface area contributed by atoms with Crippen molar-refractivity contribution in [3.8, 4) is 33.4 Å². The summed E-state index contributed by atoms with van der Waals surface area (Å²) in [5, 5.41) is 10.3. The minimum atomic E-state index is 0.0450. The van der Waals surface area contributed by atoms with E-state index in [1.54, 1.807) is 0 Å². The van der Waals surface area contributed by atoms with Gasteiger partial charge >= 0.3 is 0 Å². The van der Waals surface area contributed by atoms with E-state index in [1.165, 1.54) is 98.7 Å². The van der Waals surface area contributed by atoms with Crippen LogP contribution in [0.15, 0.2) is 152 Å². The van der Waals surface area contributed by atoms with Crippen molar-refractivity contribution in [2.45, 2.75) is 32.6 Å². The van der Waals surface area contributed by atoms with E-state index in [4.69, 9.17) is 0 Å². The van der Waals surface area contributed by atoms with Gasteiger partial charge in [-0.15, -0.1) is 0 Å². The van der Waals surface area contributed by atoms with Gasteiger partial charge in [0.1, 0.15) is 0 Å². The second-order valence-corrected chi connectivity index (χ2v) is 14.4. The molecule has 0 nitrogen and oxygen atoms in total. The lowest BCUT2D eigenvalue weighted by molar-refractivity contribution is 0.596. The molecule has 8 aromatic carbocycles. The van der Waals surface area contributed by atoms with Crippen LogP contribution in [-0.4, -0.2) is 0 Å². The van der Waals surface area contributed by atoms with Crippen LogP contribution in [0.1, 0.15) is 43.0 Å². The molecule has 0 heteroatoms. The molecule has 0 aliphatic heterocycles. The van der Waals surface area contributed by atoms with Crippen molar-refractivity contribution in [3.05, 3.63) is 174 Å². The number of benzene rings is 8. The maximum Gasteiger partial charge on any atom is -0.00137 e. The van der Waals surface area contributed by atoms with Gasteiger partial charge in [0.2, 0.25) is 0 Å². The van der Waals surface area contributed by atoms with Gasteiger partial charge in [-0.25, -0.2) is 0 Å². The van der Waals surface area contributed by atoms with Gasteiger partial charge in [-0.1, -0.05) is 179 Å². The smallest absolute Gasteiger partial charge is 0.00137 e. The van der Waals surface area contributed by atoms with E-state index >= 15 is 0 Å². The van der Waals surface area contributed by atoms with Crippen LogP contribution < -0.4 is 0 Å². The minimum Gasteiger partial charge on any atom is -0.0991 e.